The lowest BCUT2D eigenvalue weighted by Gasteiger charge is -2.06. The predicted octanol–water partition coefficient (Wildman–Crippen LogP) is 2.55. The molecular formula is C16H14FNO2S. The van der Waals surface area contributed by atoms with Crippen molar-refractivity contribution >= 4 is 17.2 Å². The molecule has 0 fully saturated rings. The fraction of sp³-hybridized carbons (Fsp3) is 0.188. The maximum Gasteiger partial charge on any atom is 0.252 e. The summed E-state index contributed by atoms with van der Waals surface area (Å²) in [5.41, 5.74) is 1.61. The van der Waals surface area contributed by atoms with E-state index in [2.05, 4.69) is 17.2 Å². The Kier molecular flexibility index (Phi) is 5.50. The summed E-state index contributed by atoms with van der Waals surface area (Å²) in [7, 11) is 0. The van der Waals surface area contributed by atoms with Crippen LogP contribution in [0.3, 0.4) is 0 Å². The van der Waals surface area contributed by atoms with Crippen molar-refractivity contribution in [2.75, 3.05) is 6.61 Å². The van der Waals surface area contributed by atoms with Gasteiger partial charge in [0.1, 0.15) is 5.82 Å². The number of rotatable bonds is 4. The van der Waals surface area contributed by atoms with Gasteiger partial charge in [-0.15, -0.1) is 0 Å². The van der Waals surface area contributed by atoms with Crippen molar-refractivity contribution in [2.24, 2.45) is 0 Å². The van der Waals surface area contributed by atoms with Crippen LogP contribution in [-0.2, 0) is 6.54 Å². The molecule has 0 saturated carbocycles. The van der Waals surface area contributed by atoms with E-state index in [0.29, 0.717) is 23.1 Å². The third-order valence-electron chi connectivity index (χ3n) is 2.74. The largest absolute Gasteiger partial charge is 0.395 e. The zero-order chi connectivity index (χ0) is 15.1. The molecule has 0 aliphatic heterocycles. The van der Waals surface area contributed by atoms with Gasteiger partial charge in [0.2, 0.25) is 0 Å². The maximum absolute atomic E-state index is 13.7. The number of aliphatic hydroxyl groups is 1. The summed E-state index contributed by atoms with van der Waals surface area (Å²) in [4.78, 5) is 11.8. The van der Waals surface area contributed by atoms with Crippen LogP contribution in [-0.4, -0.2) is 17.6 Å². The summed E-state index contributed by atoms with van der Waals surface area (Å²) in [5.74, 6) is 5.01. The van der Waals surface area contributed by atoms with Crippen LogP contribution in [0.4, 0.5) is 4.39 Å². The third kappa shape index (κ3) is 4.42. The van der Waals surface area contributed by atoms with Crippen molar-refractivity contribution in [1.82, 2.24) is 5.32 Å². The lowest BCUT2D eigenvalue weighted by atomic mass is 10.1. The van der Waals surface area contributed by atoms with Crippen molar-refractivity contribution in [2.45, 2.75) is 13.0 Å². The molecule has 0 aliphatic rings. The highest BCUT2D eigenvalue weighted by Crippen LogP contribution is 2.11. The molecule has 0 bridgehead atoms. The molecule has 1 heterocycles. The van der Waals surface area contributed by atoms with Gasteiger partial charge >= 0.3 is 0 Å². The molecule has 5 heteroatoms. The molecule has 0 radical (unpaired) electrons. The predicted molar refractivity (Wildman–Crippen MR) is 80.5 cm³/mol. The molecule has 0 unspecified atom stereocenters. The van der Waals surface area contributed by atoms with Crippen LogP contribution >= 0.6 is 11.3 Å². The van der Waals surface area contributed by atoms with E-state index in [1.54, 1.807) is 23.6 Å². The minimum atomic E-state index is -0.381. The van der Waals surface area contributed by atoms with Crippen LogP contribution in [0.2, 0.25) is 0 Å². The number of hydrogen-bond donors (Lipinski definition) is 2. The van der Waals surface area contributed by atoms with Gasteiger partial charge in [0.25, 0.3) is 5.91 Å². The molecule has 21 heavy (non-hydrogen) atoms. The molecule has 0 spiro atoms. The van der Waals surface area contributed by atoms with E-state index in [9.17, 15) is 9.18 Å². The summed E-state index contributed by atoms with van der Waals surface area (Å²) in [5, 5.41) is 14.9. The lowest BCUT2D eigenvalue weighted by molar-refractivity contribution is 0.0951. The van der Waals surface area contributed by atoms with Gasteiger partial charge in [-0.3, -0.25) is 4.79 Å². The molecule has 0 aliphatic carbocycles. The molecule has 3 nitrogen and oxygen atoms in total. The van der Waals surface area contributed by atoms with Gasteiger partial charge in [-0.05, 0) is 29.6 Å². The van der Waals surface area contributed by atoms with Gasteiger partial charge < -0.3 is 10.4 Å². The van der Waals surface area contributed by atoms with Crippen LogP contribution in [0.1, 0.15) is 27.9 Å². The Morgan fingerprint density at radius 2 is 2.24 bits per heavy atom. The average Bonchev–Trinajstić information content (AvgIpc) is 3.02. The Morgan fingerprint density at radius 1 is 1.38 bits per heavy atom. The summed E-state index contributed by atoms with van der Waals surface area (Å²) >= 11 is 1.43. The van der Waals surface area contributed by atoms with Gasteiger partial charge in [0.05, 0.1) is 6.61 Å². The minimum Gasteiger partial charge on any atom is -0.395 e. The van der Waals surface area contributed by atoms with Crippen LogP contribution in [0.25, 0.3) is 0 Å². The summed E-state index contributed by atoms with van der Waals surface area (Å²) in [6.45, 7) is 0.105. The SMILES string of the molecule is O=C(NCc1cc(C#CCCO)ccc1F)c1ccsc1. The zero-order valence-corrected chi connectivity index (χ0v) is 12.0. The van der Waals surface area contributed by atoms with Gasteiger partial charge in [-0.1, -0.05) is 11.8 Å². The first-order valence-corrected chi connectivity index (χ1v) is 7.33. The smallest absolute Gasteiger partial charge is 0.252 e. The summed E-state index contributed by atoms with van der Waals surface area (Å²) in [6.07, 6.45) is 0.377. The minimum absolute atomic E-state index is 0.00223. The topological polar surface area (TPSA) is 49.3 Å². The molecule has 1 aromatic heterocycles. The highest BCUT2D eigenvalue weighted by atomic mass is 32.1. The van der Waals surface area contributed by atoms with Crippen LogP contribution < -0.4 is 5.32 Å². The fourth-order valence-electron chi connectivity index (χ4n) is 1.68. The number of benzene rings is 1. The maximum atomic E-state index is 13.7. The third-order valence-corrected chi connectivity index (χ3v) is 3.42. The van der Waals surface area contributed by atoms with Gasteiger partial charge in [0, 0.05) is 35.0 Å². The molecule has 2 aromatic rings. The average molecular weight is 303 g/mol. The van der Waals surface area contributed by atoms with E-state index in [0.717, 1.165) is 0 Å². The Labute approximate surface area is 126 Å². The van der Waals surface area contributed by atoms with Crippen LogP contribution in [0.5, 0.6) is 0 Å². The van der Waals surface area contributed by atoms with Crippen LogP contribution in [0, 0.1) is 17.7 Å². The van der Waals surface area contributed by atoms with Crippen molar-refractivity contribution in [1.29, 1.82) is 0 Å². The molecule has 1 aromatic carbocycles. The van der Waals surface area contributed by atoms with Crippen molar-refractivity contribution in [3.05, 3.63) is 57.5 Å². The number of aliphatic hydroxyl groups excluding tert-OH is 1. The number of thiophene rings is 1. The molecule has 2 rings (SSSR count). The normalized spacial score (nSPS) is 9.81. The van der Waals surface area contributed by atoms with Gasteiger partial charge in [0.15, 0.2) is 0 Å². The zero-order valence-electron chi connectivity index (χ0n) is 11.2. The number of amides is 1. The number of carbonyl (C=O) groups is 1. The Balaban J connectivity index is 2.04. The highest BCUT2D eigenvalue weighted by Gasteiger charge is 2.08. The standard InChI is InChI=1S/C16H14FNO2S/c17-15-5-4-12(3-1-2-7-19)9-14(15)10-18-16(20)13-6-8-21-11-13/h4-6,8-9,11,19H,2,7,10H2,(H,18,20). The molecule has 0 saturated heterocycles. The van der Waals surface area contributed by atoms with Gasteiger partial charge in [-0.2, -0.15) is 11.3 Å². The number of hydrogen-bond acceptors (Lipinski definition) is 3. The summed E-state index contributed by atoms with van der Waals surface area (Å²) < 4.78 is 13.7. The molecule has 0 atom stereocenters. The Hall–Kier alpha value is -2.16. The number of carbonyl (C=O) groups excluding carboxylic acids is 1. The second-order valence-corrected chi connectivity index (χ2v) is 5.06. The summed E-state index contributed by atoms with van der Waals surface area (Å²) in [6, 6.07) is 6.22. The van der Waals surface area contributed by atoms with Crippen molar-refractivity contribution in [3.8, 4) is 11.8 Å². The second-order valence-electron chi connectivity index (χ2n) is 4.28. The Morgan fingerprint density at radius 3 is 2.95 bits per heavy atom. The number of halogens is 1. The quantitative estimate of drug-likeness (QED) is 0.853. The first kappa shape index (κ1) is 15.2. The van der Waals surface area contributed by atoms with Crippen molar-refractivity contribution in [3.63, 3.8) is 0 Å². The van der Waals surface area contributed by atoms with E-state index >= 15 is 0 Å². The molecule has 1 amide bonds. The molecular weight excluding hydrogens is 289 g/mol. The first-order chi connectivity index (χ1) is 10.2. The monoisotopic (exact) mass is 303 g/mol. The fourth-order valence-corrected chi connectivity index (χ4v) is 2.32. The van der Waals surface area contributed by atoms with E-state index in [1.807, 2.05) is 5.38 Å². The van der Waals surface area contributed by atoms with E-state index in [4.69, 9.17) is 5.11 Å². The number of nitrogens with one attached hydrogen (secondary N) is 1. The molecule has 2 N–H and O–H groups in total. The second kappa shape index (κ2) is 7.58. The van der Waals surface area contributed by atoms with E-state index in [1.165, 1.54) is 17.4 Å². The Bertz CT molecular complexity index is 671. The van der Waals surface area contributed by atoms with E-state index < -0.39 is 0 Å². The van der Waals surface area contributed by atoms with Crippen LogP contribution in [0.15, 0.2) is 35.0 Å². The van der Waals surface area contributed by atoms with Gasteiger partial charge in [-0.25, -0.2) is 4.39 Å². The first-order valence-electron chi connectivity index (χ1n) is 6.39. The highest BCUT2D eigenvalue weighted by molar-refractivity contribution is 7.08. The van der Waals surface area contributed by atoms with Crippen molar-refractivity contribution < 1.29 is 14.3 Å². The molecule has 108 valence electrons. The van der Waals surface area contributed by atoms with E-state index in [-0.39, 0.29) is 24.9 Å². The lowest BCUT2D eigenvalue weighted by Crippen LogP contribution is -2.22.